The van der Waals surface area contributed by atoms with Crippen LogP contribution in [0.2, 0.25) is 0 Å². The fourth-order valence-electron chi connectivity index (χ4n) is 1.62. The number of nitrogens with zero attached hydrogens (tertiary/aromatic N) is 1. The van der Waals surface area contributed by atoms with E-state index < -0.39 is 0 Å². The van der Waals surface area contributed by atoms with E-state index in [0.29, 0.717) is 13.0 Å². The van der Waals surface area contributed by atoms with Gasteiger partial charge in [0.05, 0.1) is 0 Å². The number of halogens is 1. The van der Waals surface area contributed by atoms with Crippen LogP contribution >= 0.6 is 15.9 Å². The molecule has 1 aromatic rings. The molecule has 5 nitrogen and oxygen atoms in total. The summed E-state index contributed by atoms with van der Waals surface area (Å²) in [5.41, 5.74) is 0.801. The zero-order valence-electron chi connectivity index (χ0n) is 12.6. The van der Waals surface area contributed by atoms with E-state index in [2.05, 4.69) is 43.8 Å². The fourth-order valence-corrected chi connectivity index (χ4v) is 1.88. The number of hydrogen-bond acceptors (Lipinski definition) is 2. The lowest BCUT2D eigenvalue weighted by Crippen LogP contribution is -2.38. The standard InChI is InChI=1S/C15H23BrN4O/c1-3-10-18-15(17-4-2)19-11-9-14(21)20-13-7-5-12(16)6-8-13/h5-8H,3-4,9-11H2,1-2H3,(H,20,21)(H2,17,18,19). The molecule has 0 spiro atoms. The van der Waals surface area contributed by atoms with Crippen molar-refractivity contribution in [1.29, 1.82) is 0 Å². The summed E-state index contributed by atoms with van der Waals surface area (Å²) < 4.78 is 0.990. The lowest BCUT2D eigenvalue weighted by atomic mass is 10.3. The first-order chi connectivity index (χ1) is 10.2. The average Bonchev–Trinajstić information content (AvgIpc) is 2.47. The smallest absolute Gasteiger partial charge is 0.226 e. The molecule has 6 heteroatoms. The maximum atomic E-state index is 11.8. The minimum Gasteiger partial charge on any atom is -0.357 e. The molecule has 0 bridgehead atoms. The molecular formula is C15H23BrN4O. The highest BCUT2D eigenvalue weighted by Gasteiger charge is 2.03. The van der Waals surface area contributed by atoms with Gasteiger partial charge in [-0.3, -0.25) is 9.79 Å². The van der Waals surface area contributed by atoms with Crippen molar-refractivity contribution in [2.75, 3.05) is 25.0 Å². The summed E-state index contributed by atoms with van der Waals surface area (Å²) in [7, 11) is 0. The van der Waals surface area contributed by atoms with Crippen molar-refractivity contribution in [3.8, 4) is 0 Å². The number of hydrogen-bond donors (Lipinski definition) is 3. The van der Waals surface area contributed by atoms with Crippen LogP contribution in [-0.2, 0) is 4.79 Å². The van der Waals surface area contributed by atoms with Gasteiger partial charge < -0.3 is 16.0 Å². The van der Waals surface area contributed by atoms with Gasteiger partial charge in [0.25, 0.3) is 0 Å². The van der Waals surface area contributed by atoms with Gasteiger partial charge in [-0.25, -0.2) is 0 Å². The number of amides is 1. The van der Waals surface area contributed by atoms with Gasteiger partial charge in [0.15, 0.2) is 5.96 Å². The topological polar surface area (TPSA) is 65.5 Å². The Hall–Kier alpha value is -1.56. The molecule has 1 rings (SSSR count). The van der Waals surface area contributed by atoms with Crippen LogP contribution in [0.3, 0.4) is 0 Å². The summed E-state index contributed by atoms with van der Waals surface area (Å²) in [5, 5.41) is 9.16. The predicted octanol–water partition coefficient (Wildman–Crippen LogP) is 2.74. The summed E-state index contributed by atoms with van der Waals surface area (Å²) in [6.45, 7) is 6.24. The van der Waals surface area contributed by atoms with Gasteiger partial charge in [0.1, 0.15) is 0 Å². The van der Waals surface area contributed by atoms with Crippen LogP contribution in [0.5, 0.6) is 0 Å². The highest BCUT2D eigenvalue weighted by molar-refractivity contribution is 9.10. The van der Waals surface area contributed by atoms with E-state index >= 15 is 0 Å². The first kappa shape index (κ1) is 17.5. The Kier molecular flexibility index (Phi) is 8.50. The average molecular weight is 355 g/mol. The molecular weight excluding hydrogens is 332 g/mol. The van der Waals surface area contributed by atoms with E-state index in [1.807, 2.05) is 31.2 Å². The number of anilines is 1. The zero-order valence-corrected chi connectivity index (χ0v) is 14.2. The Bertz CT molecular complexity index is 459. The first-order valence-corrected chi connectivity index (χ1v) is 8.02. The van der Waals surface area contributed by atoms with Gasteiger partial charge in [0.2, 0.25) is 5.91 Å². The molecule has 0 aromatic heterocycles. The van der Waals surface area contributed by atoms with Crippen LogP contribution in [0.4, 0.5) is 5.69 Å². The van der Waals surface area contributed by atoms with Crippen molar-refractivity contribution in [3.63, 3.8) is 0 Å². The molecule has 0 aliphatic heterocycles. The number of carbonyl (C=O) groups is 1. The lowest BCUT2D eigenvalue weighted by molar-refractivity contribution is -0.116. The third-order valence-electron chi connectivity index (χ3n) is 2.61. The second-order valence-electron chi connectivity index (χ2n) is 4.49. The van der Waals surface area contributed by atoms with Crippen LogP contribution in [0.15, 0.2) is 33.7 Å². The number of rotatable bonds is 7. The van der Waals surface area contributed by atoms with Crippen molar-refractivity contribution in [1.82, 2.24) is 10.6 Å². The molecule has 0 saturated heterocycles. The van der Waals surface area contributed by atoms with E-state index in [0.717, 1.165) is 35.6 Å². The second kappa shape index (κ2) is 10.2. The van der Waals surface area contributed by atoms with Crippen molar-refractivity contribution >= 4 is 33.5 Å². The van der Waals surface area contributed by atoms with Gasteiger partial charge >= 0.3 is 0 Å². The quantitative estimate of drug-likeness (QED) is 0.521. The van der Waals surface area contributed by atoms with Crippen molar-refractivity contribution in [3.05, 3.63) is 28.7 Å². The number of guanidine groups is 1. The van der Waals surface area contributed by atoms with Crippen LogP contribution in [-0.4, -0.2) is 31.5 Å². The van der Waals surface area contributed by atoms with Gasteiger partial charge in [-0.15, -0.1) is 0 Å². The second-order valence-corrected chi connectivity index (χ2v) is 5.41. The maximum Gasteiger partial charge on any atom is 0.226 e. The van der Waals surface area contributed by atoms with Gasteiger partial charge in [-0.05, 0) is 37.6 Å². The Morgan fingerprint density at radius 1 is 1.19 bits per heavy atom. The molecule has 0 aliphatic rings. The molecule has 0 fully saturated rings. The summed E-state index contributed by atoms with van der Waals surface area (Å²) >= 11 is 3.36. The predicted molar refractivity (Wildman–Crippen MR) is 91.7 cm³/mol. The number of benzene rings is 1. The minimum atomic E-state index is -0.0174. The van der Waals surface area contributed by atoms with E-state index in [9.17, 15) is 4.79 Å². The molecule has 0 unspecified atom stereocenters. The number of nitrogens with one attached hydrogen (secondary N) is 3. The zero-order chi connectivity index (χ0) is 15.5. The Balaban J connectivity index is 2.33. The van der Waals surface area contributed by atoms with E-state index in [1.165, 1.54) is 0 Å². The highest BCUT2D eigenvalue weighted by Crippen LogP contribution is 2.14. The van der Waals surface area contributed by atoms with Crippen LogP contribution in [0.1, 0.15) is 26.7 Å². The van der Waals surface area contributed by atoms with E-state index in [-0.39, 0.29) is 5.91 Å². The van der Waals surface area contributed by atoms with Gasteiger partial charge in [0, 0.05) is 36.2 Å². The third-order valence-corrected chi connectivity index (χ3v) is 3.14. The molecule has 21 heavy (non-hydrogen) atoms. The Morgan fingerprint density at radius 3 is 2.52 bits per heavy atom. The fraction of sp³-hybridized carbons (Fsp3) is 0.467. The highest BCUT2D eigenvalue weighted by atomic mass is 79.9. The third kappa shape index (κ3) is 7.70. The molecule has 1 aromatic carbocycles. The molecule has 0 heterocycles. The normalized spacial score (nSPS) is 11.1. The van der Waals surface area contributed by atoms with Gasteiger partial charge in [-0.2, -0.15) is 0 Å². The molecule has 0 saturated carbocycles. The maximum absolute atomic E-state index is 11.8. The summed E-state index contributed by atoms with van der Waals surface area (Å²) in [6, 6.07) is 7.52. The SMILES string of the molecule is CCCN=C(NCC)NCCC(=O)Nc1ccc(Br)cc1. The molecule has 0 aliphatic carbocycles. The van der Waals surface area contributed by atoms with E-state index in [4.69, 9.17) is 0 Å². The molecule has 3 N–H and O–H groups in total. The summed E-state index contributed by atoms with van der Waals surface area (Å²) in [4.78, 5) is 16.2. The van der Waals surface area contributed by atoms with Crippen molar-refractivity contribution in [2.45, 2.75) is 26.7 Å². The molecule has 1 amide bonds. The number of carbonyl (C=O) groups excluding carboxylic acids is 1. The summed E-state index contributed by atoms with van der Waals surface area (Å²) in [6.07, 6.45) is 1.40. The number of aliphatic imine (C=N–C) groups is 1. The largest absolute Gasteiger partial charge is 0.357 e. The molecule has 0 atom stereocenters. The van der Waals surface area contributed by atoms with Crippen LogP contribution < -0.4 is 16.0 Å². The van der Waals surface area contributed by atoms with Crippen molar-refractivity contribution in [2.24, 2.45) is 4.99 Å². The first-order valence-electron chi connectivity index (χ1n) is 7.23. The molecule has 116 valence electrons. The van der Waals surface area contributed by atoms with Crippen LogP contribution in [0.25, 0.3) is 0 Å². The lowest BCUT2D eigenvalue weighted by Gasteiger charge is -2.11. The van der Waals surface area contributed by atoms with Crippen molar-refractivity contribution < 1.29 is 4.79 Å². The van der Waals surface area contributed by atoms with Crippen LogP contribution in [0, 0.1) is 0 Å². The Morgan fingerprint density at radius 2 is 1.90 bits per heavy atom. The van der Waals surface area contributed by atoms with Gasteiger partial charge in [-0.1, -0.05) is 22.9 Å². The minimum absolute atomic E-state index is 0.0174. The Labute approximate surface area is 134 Å². The summed E-state index contributed by atoms with van der Waals surface area (Å²) in [5.74, 6) is 0.743. The monoisotopic (exact) mass is 354 g/mol. The molecule has 0 radical (unpaired) electrons. The van der Waals surface area contributed by atoms with E-state index in [1.54, 1.807) is 0 Å².